The molecule has 10 heteroatoms. The third kappa shape index (κ3) is 6.16. The second-order valence-electron chi connectivity index (χ2n) is 12.9. The summed E-state index contributed by atoms with van der Waals surface area (Å²) in [6.07, 6.45) is 0.316. The number of methoxy groups -OCH3 is 2. The SMILES string of the molecule is COc1ccc2c(c1)C[C@@H](CNS(=O)(=O)c1ccc(C)cc1)N2S(=O)(=O)c1cc(C(C)(C)C)c(OC)c(C(C)(C)C)c1. The Morgan fingerprint density at radius 2 is 1.38 bits per heavy atom. The van der Waals surface area contributed by atoms with Gasteiger partial charge in [0.1, 0.15) is 11.5 Å². The van der Waals surface area contributed by atoms with E-state index >= 15 is 0 Å². The van der Waals surface area contributed by atoms with Gasteiger partial charge in [0.05, 0.1) is 35.7 Å². The van der Waals surface area contributed by atoms with Crippen LogP contribution >= 0.6 is 0 Å². The largest absolute Gasteiger partial charge is 0.497 e. The van der Waals surface area contributed by atoms with E-state index < -0.39 is 36.9 Å². The molecule has 42 heavy (non-hydrogen) atoms. The van der Waals surface area contributed by atoms with Gasteiger partial charge in [-0.2, -0.15) is 0 Å². The third-order valence-corrected chi connectivity index (χ3v) is 10.9. The fourth-order valence-electron chi connectivity index (χ4n) is 5.29. The highest BCUT2D eigenvalue weighted by atomic mass is 32.2. The number of sulfonamides is 2. The number of benzene rings is 3. The van der Waals surface area contributed by atoms with Crippen LogP contribution in [0.1, 0.15) is 63.8 Å². The summed E-state index contributed by atoms with van der Waals surface area (Å²) < 4.78 is 70.9. The quantitative estimate of drug-likeness (QED) is 0.349. The Morgan fingerprint density at radius 1 is 0.810 bits per heavy atom. The highest BCUT2D eigenvalue weighted by molar-refractivity contribution is 7.93. The maximum Gasteiger partial charge on any atom is 0.264 e. The zero-order chi connectivity index (χ0) is 31.3. The molecule has 0 aliphatic carbocycles. The number of nitrogens with zero attached hydrogens (tertiary/aromatic N) is 1. The van der Waals surface area contributed by atoms with Gasteiger partial charge in [0.2, 0.25) is 10.0 Å². The molecule has 1 heterocycles. The minimum Gasteiger partial charge on any atom is -0.497 e. The summed E-state index contributed by atoms with van der Waals surface area (Å²) in [7, 11) is -4.86. The molecule has 1 atom stereocenters. The Kier molecular flexibility index (Phi) is 8.50. The molecule has 0 fully saturated rings. The van der Waals surface area contributed by atoms with Crippen LogP contribution in [0, 0.1) is 6.92 Å². The number of anilines is 1. The van der Waals surface area contributed by atoms with E-state index in [1.165, 1.54) is 4.31 Å². The summed E-state index contributed by atoms with van der Waals surface area (Å²) in [6.45, 7) is 13.9. The second-order valence-corrected chi connectivity index (χ2v) is 16.5. The summed E-state index contributed by atoms with van der Waals surface area (Å²) in [5, 5.41) is 0. The van der Waals surface area contributed by atoms with Crippen LogP contribution in [0.25, 0.3) is 0 Å². The number of nitrogens with one attached hydrogen (secondary N) is 1. The van der Waals surface area contributed by atoms with E-state index in [0.29, 0.717) is 23.6 Å². The molecule has 0 aromatic heterocycles. The molecule has 0 bridgehead atoms. The first-order valence-corrected chi connectivity index (χ1v) is 16.8. The lowest BCUT2D eigenvalue weighted by Crippen LogP contribution is -2.45. The van der Waals surface area contributed by atoms with E-state index in [1.54, 1.807) is 62.8 Å². The topological polar surface area (TPSA) is 102 Å². The normalized spacial score (nSPS) is 15.9. The van der Waals surface area contributed by atoms with Crippen molar-refractivity contribution >= 4 is 25.7 Å². The van der Waals surface area contributed by atoms with Gasteiger partial charge in [-0.05, 0) is 72.2 Å². The van der Waals surface area contributed by atoms with Crippen LogP contribution in [-0.2, 0) is 37.3 Å². The number of fused-ring (bicyclic) bond motifs is 1. The predicted molar refractivity (Wildman–Crippen MR) is 167 cm³/mol. The monoisotopic (exact) mass is 614 g/mol. The van der Waals surface area contributed by atoms with Crippen molar-refractivity contribution in [1.29, 1.82) is 0 Å². The zero-order valence-electron chi connectivity index (χ0n) is 25.9. The van der Waals surface area contributed by atoms with E-state index in [2.05, 4.69) is 4.72 Å². The molecular formula is C32H42N2O6S2. The van der Waals surface area contributed by atoms with Gasteiger partial charge < -0.3 is 9.47 Å². The van der Waals surface area contributed by atoms with Gasteiger partial charge in [0, 0.05) is 17.7 Å². The molecular weight excluding hydrogens is 572 g/mol. The summed E-state index contributed by atoms with van der Waals surface area (Å²) in [4.78, 5) is 0.257. The highest BCUT2D eigenvalue weighted by Crippen LogP contribution is 2.44. The van der Waals surface area contributed by atoms with Gasteiger partial charge >= 0.3 is 0 Å². The van der Waals surface area contributed by atoms with Crippen molar-refractivity contribution in [3.05, 3.63) is 76.9 Å². The molecule has 3 aromatic rings. The second kappa shape index (κ2) is 11.2. The lowest BCUT2D eigenvalue weighted by atomic mass is 9.79. The molecule has 8 nitrogen and oxygen atoms in total. The molecule has 1 N–H and O–H groups in total. The molecule has 0 unspecified atom stereocenters. The molecule has 1 aliphatic rings. The molecule has 4 rings (SSSR count). The molecule has 0 amide bonds. The lowest BCUT2D eigenvalue weighted by Gasteiger charge is -2.32. The number of aryl methyl sites for hydroxylation is 1. The predicted octanol–water partition coefficient (Wildman–Crippen LogP) is 5.71. The molecule has 0 saturated heterocycles. The van der Waals surface area contributed by atoms with E-state index in [9.17, 15) is 16.8 Å². The van der Waals surface area contributed by atoms with Crippen molar-refractivity contribution < 1.29 is 26.3 Å². The van der Waals surface area contributed by atoms with Gasteiger partial charge in [-0.15, -0.1) is 0 Å². The standard InChI is InChI=1S/C32H42N2O6S2/c1-21-10-13-25(14-11-21)41(35,36)33-20-23-16-22-17-24(39-8)12-15-29(22)34(23)42(37,38)26-18-27(31(2,3)4)30(40-9)28(19-26)32(5,6)7/h10-15,17-19,23,33H,16,20H2,1-9H3/t23-/m0/s1. The maximum absolute atomic E-state index is 14.6. The summed E-state index contributed by atoms with van der Waals surface area (Å²) in [5.41, 5.74) is 2.95. The number of rotatable bonds is 8. The van der Waals surface area contributed by atoms with E-state index in [1.807, 2.05) is 54.5 Å². The smallest absolute Gasteiger partial charge is 0.264 e. The summed E-state index contributed by atoms with van der Waals surface area (Å²) >= 11 is 0. The Labute approximate surface area is 251 Å². The Morgan fingerprint density at radius 3 is 1.88 bits per heavy atom. The van der Waals surface area contributed by atoms with Gasteiger partial charge in [-0.25, -0.2) is 21.6 Å². The first-order valence-electron chi connectivity index (χ1n) is 13.9. The average Bonchev–Trinajstić information content (AvgIpc) is 3.28. The van der Waals surface area contributed by atoms with E-state index in [-0.39, 0.29) is 16.3 Å². The van der Waals surface area contributed by atoms with E-state index in [0.717, 1.165) is 22.3 Å². The van der Waals surface area contributed by atoms with Crippen molar-refractivity contribution in [1.82, 2.24) is 4.72 Å². The third-order valence-electron chi connectivity index (χ3n) is 7.59. The van der Waals surface area contributed by atoms with Crippen molar-refractivity contribution in [2.75, 3.05) is 25.1 Å². The Hall–Kier alpha value is -3.08. The van der Waals surface area contributed by atoms with Crippen molar-refractivity contribution in [3.63, 3.8) is 0 Å². The van der Waals surface area contributed by atoms with Crippen LogP contribution in [0.2, 0.25) is 0 Å². The van der Waals surface area contributed by atoms with Crippen LogP contribution in [0.4, 0.5) is 5.69 Å². The average molecular weight is 615 g/mol. The zero-order valence-corrected chi connectivity index (χ0v) is 27.5. The first-order chi connectivity index (χ1) is 19.4. The molecule has 1 aliphatic heterocycles. The lowest BCUT2D eigenvalue weighted by molar-refractivity contribution is 0.380. The van der Waals surface area contributed by atoms with E-state index in [4.69, 9.17) is 9.47 Å². The molecule has 0 spiro atoms. The number of hydrogen-bond donors (Lipinski definition) is 1. The number of ether oxygens (including phenoxy) is 2. The van der Waals surface area contributed by atoms with Crippen molar-refractivity contribution in [3.8, 4) is 11.5 Å². The van der Waals surface area contributed by atoms with Crippen molar-refractivity contribution in [2.24, 2.45) is 0 Å². The first kappa shape index (κ1) is 31.8. The Balaban J connectivity index is 1.84. The highest BCUT2D eigenvalue weighted by Gasteiger charge is 2.41. The van der Waals surface area contributed by atoms with Crippen LogP contribution in [0.3, 0.4) is 0 Å². The van der Waals surface area contributed by atoms with Gasteiger partial charge in [-0.3, -0.25) is 4.31 Å². The Bertz CT molecular complexity index is 1650. The molecule has 228 valence electrons. The van der Waals surface area contributed by atoms with Gasteiger partial charge in [-0.1, -0.05) is 59.2 Å². The van der Waals surface area contributed by atoms with Crippen LogP contribution in [0.15, 0.2) is 64.4 Å². The summed E-state index contributed by atoms with van der Waals surface area (Å²) in [5.74, 6) is 1.27. The van der Waals surface area contributed by atoms with Gasteiger partial charge in [0.15, 0.2) is 0 Å². The molecule has 0 radical (unpaired) electrons. The minimum atomic E-state index is -4.15. The molecule has 3 aromatic carbocycles. The summed E-state index contributed by atoms with van der Waals surface area (Å²) in [6, 6.07) is 14.5. The van der Waals surface area contributed by atoms with Crippen molar-refractivity contribution in [2.45, 2.75) is 81.5 Å². The maximum atomic E-state index is 14.6. The molecule has 0 saturated carbocycles. The van der Waals surface area contributed by atoms with Crippen LogP contribution < -0.4 is 18.5 Å². The van der Waals surface area contributed by atoms with Crippen LogP contribution in [0.5, 0.6) is 11.5 Å². The van der Waals surface area contributed by atoms with Crippen LogP contribution in [-0.4, -0.2) is 43.6 Å². The fourth-order valence-corrected chi connectivity index (χ4v) is 8.10. The fraction of sp³-hybridized carbons (Fsp3) is 0.438. The minimum absolute atomic E-state index is 0.110. The van der Waals surface area contributed by atoms with Gasteiger partial charge in [0.25, 0.3) is 10.0 Å². The number of hydrogen-bond acceptors (Lipinski definition) is 6.